The summed E-state index contributed by atoms with van der Waals surface area (Å²) in [6, 6.07) is 14.2. The molecule has 0 spiro atoms. The number of thiazole rings is 1. The lowest BCUT2D eigenvalue weighted by Gasteiger charge is -2.20. The van der Waals surface area contributed by atoms with Crippen molar-refractivity contribution in [1.82, 2.24) is 15.6 Å². The Morgan fingerprint density at radius 2 is 1.70 bits per heavy atom. The maximum Gasteiger partial charge on any atom is 0.407 e. The Kier molecular flexibility index (Phi) is 6.69. The van der Waals surface area contributed by atoms with Gasteiger partial charge >= 0.3 is 12.1 Å². The fourth-order valence-electron chi connectivity index (χ4n) is 3.99. The number of carboxylic acid groups (broad SMARTS) is 1. The maximum atomic E-state index is 12.6. The quantitative estimate of drug-likeness (QED) is 0.467. The van der Waals surface area contributed by atoms with Gasteiger partial charge in [0.2, 0.25) is 5.91 Å². The van der Waals surface area contributed by atoms with Gasteiger partial charge in [0.25, 0.3) is 0 Å². The lowest BCUT2D eigenvalue weighted by atomic mass is 9.98. The summed E-state index contributed by atoms with van der Waals surface area (Å²) in [5.74, 6) is -1.97. The smallest absolute Gasteiger partial charge is 0.407 e. The Labute approximate surface area is 194 Å². The molecule has 0 aliphatic heterocycles. The fourth-order valence-corrected chi connectivity index (χ4v) is 4.64. The molecule has 2 atom stereocenters. The van der Waals surface area contributed by atoms with E-state index in [2.05, 4.69) is 15.6 Å². The van der Waals surface area contributed by atoms with E-state index in [-0.39, 0.29) is 12.5 Å². The molecule has 0 radical (unpaired) electrons. The molecule has 1 aromatic heterocycles. The van der Waals surface area contributed by atoms with Gasteiger partial charge in [0.1, 0.15) is 12.6 Å². The van der Waals surface area contributed by atoms with Crippen LogP contribution < -0.4 is 10.6 Å². The standard InChI is InChI=1S/C24H23N3O5S/c1-14(21-12-33-13-25-21)26-23(30)20(10-22(28)29)27-24(31)32-11-19-17-8-4-2-6-15(17)16-7-3-5-9-18(16)19/h2-9,12-14,19-20H,10-11H2,1H3,(H,26,30)(H,27,31)(H,28,29). The van der Waals surface area contributed by atoms with Crippen molar-refractivity contribution in [2.75, 3.05) is 6.61 Å². The van der Waals surface area contributed by atoms with Gasteiger partial charge in [0.05, 0.1) is 23.7 Å². The van der Waals surface area contributed by atoms with Gasteiger partial charge in [-0.15, -0.1) is 11.3 Å². The Balaban J connectivity index is 1.41. The van der Waals surface area contributed by atoms with Gasteiger partial charge in [-0.2, -0.15) is 0 Å². The predicted octanol–water partition coefficient (Wildman–Crippen LogP) is 3.70. The summed E-state index contributed by atoms with van der Waals surface area (Å²) in [4.78, 5) is 40.6. The second-order valence-corrected chi connectivity index (χ2v) is 8.48. The van der Waals surface area contributed by atoms with Crippen LogP contribution >= 0.6 is 11.3 Å². The zero-order chi connectivity index (χ0) is 23.4. The van der Waals surface area contributed by atoms with E-state index in [1.54, 1.807) is 17.8 Å². The molecular weight excluding hydrogens is 442 g/mol. The lowest BCUT2D eigenvalue weighted by Crippen LogP contribution is -2.48. The number of hydrogen-bond donors (Lipinski definition) is 3. The minimum absolute atomic E-state index is 0.0660. The van der Waals surface area contributed by atoms with Crippen molar-refractivity contribution in [2.45, 2.75) is 31.3 Å². The molecule has 2 unspecified atom stereocenters. The number of carbonyl (C=O) groups excluding carboxylic acids is 2. The van der Waals surface area contributed by atoms with Crippen LogP contribution in [0.4, 0.5) is 4.79 Å². The van der Waals surface area contributed by atoms with Crippen LogP contribution in [-0.4, -0.2) is 40.7 Å². The fraction of sp³-hybridized carbons (Fsp3) is 0.250. The number of carbonyl (C=O) groups is 3. The Morgan fingerprint density at radius 3 is 2.27 bits per heavy atom. The molecule has 4 rings (SSSR count). The molecule has 9 heteroatoms. The van der Waals surface area contributed by atoms with E-state index in [1.807, 2.05) is 48.5 Å². The van der Waals surface area contributed by atoms with Gasteiger partial charge in [-0.1, -0.05) is 48.5 Å². The summed E-state index contributed by atoms with van der Waals surface area (Å²) in [5, 5.41) is 16.1. The zero-order valence-corrected chi connectivity index (χ0v) is 18.7. The largest absolute Gasteiger partial charge is 0.481 e. The lowest BCUT2D eigenvalue weighted by molar-refractivity contribution is -0.140. The first-order valence-corrected chi connectivity index (χ1v) is 11.4. The molecule has 0 saturated heterocycles. The van der Waals surface area contributed by atoms with E-state index in [0.29, 0.717) is 5.69 Å². The molecule has 0 fully saturated rings. The summed E-state index contributed by atoms with van der Waals surface area (Å²) in [6.45, 7) is 1.80. The molecule has 0 bridgehead atoms. The molecule has 1 aliphatic carbocycles. The minimum Gasteiger partial charge on any atom is -0.481 e. The predicted molar refractivity (Wildman–Crippen MR) is 123 cm³/mol. The summed E-state index contributed by atoms with van der Waals surface area (Å²) < 4.78 is 5.45. The van der Waals surface area contributed by atoms with Crippen molar-refractivity contribution in [3.05, 3.63) is 76.2 Å². The van der Waals surface area contributed by atoms with Crippen LogP contribution in [0.25, 0.3) is 11.1 Å². The molecule has 3 N–H and O–H groups in total. The van der Waals surface area contributed by atoms with E-state index in [4.69, 9.17) is 4.74 Å². The van der Waals surface area contributed by atoms with Gasteiger partial charge in [-0.25, -0.2) is 9.78 Å². The van der Waals surface area contributed by atoms with Crippen LogP contribution in [0.15, 0.2) is 59.4 Å². The van der Waals surface area contributed by atoms with E-state index in [9.17, 15) is 19.5 Å². The molecule has 0 saturated carbocycles. The number of nitrogens with one attached hydrogen (secondary N) is 2. The number of fused-ring (bicyclic) bond motifs is 3. The van der Waals surface area contributed by atoms with Gasteiger partial charge < -0.3 is 20.5 Å². The molecule has 170 valence electrons. The van der Waals surface area contributed by atoms with Crippen LogP contribution in [-0.2, 0) is 14.3 Å². The van der Waals surface area contributed by atoms with Crippen LogP contribution in [0.5, 0.6) is 0 Å². The number of alkyl carbamates (subject to hydrolysis) is 1. The number of nitrogens with zero attached hydrogens (tertiary/aromatic N) is 1. The monoisotopic (exact) mass is 465 g/mol. The average molecular weight is 466 g/mol. The van der Waals surface area contributed by atoms with Crippen molar-refractivity contribution in [2.24, 2.45) is 0 Å². The van der Waals surface area contributed by atoms with Gasteiger partial charge in [-0.05, 0) is 29.2 Å². The first-order valence-electron chi connectivity index (χ1n) is 10.5. The molecule has 1 heterocycles. The normalized spacial score (nSPS) is 14.0. The van der Waals surface area contributed by atoms with Gasteiger partial charge in [0.15, 0.2) is 0 Å². The van der Waals surface area contributed by atoms with Crippen LogP contribution in [0.1, 0.15) is 42.1 Å². The topological polar surface area (TPSA) is 118 Å². The number of amides is 2. The van der Waals surface area contributed by atoms with Crippen LogP contribution in [0.3, 0.4) is 0 Å². The van der Waals surface area contributed by atoms with E-state index >= 15 is 0 Å². The molecule has 2 amide bonds. The Bertz CT molecular complexity index is 1120. The number of benzene rings is 2. The number of aromatic nitrogens is 1. The van der Waals surface area contributed by atoms with Crippen molar-refractivity contribution in [3.8, 4) is 11.1 Å². The highest BCUT2D eigenvalue weighted by Gasteiger charge is 2.30. The highest BCUT2D eigenvalue weighted by Crippen LogP contribution is 2.44. The minimum atomic E-state index is -1.28. The summed E-state index contributed by atoms with van der Waals surface area (Å²) in [5.41, 5.74) is 6.61. The molecule has 8 nitrogen and oxygen atoms in total. The SMILES string of the molecule is CC(NC(=O)C(CC(=O)O)NC(=O)OCC1c2ccccc2-c2ccccc21)c1cscn1. The van der Waals surface area contributed by atoms with Crippen molar-refractivity contribution in [1.29, 1.82) is 0 Å². The number of hydrogen-bond acceptors (Lipinski definition) is 6. The number of carboxylic acids is 1. The highest BCUT2D eigenvalue weighted by atomic mass is 32.1. The van der Waals surface area contributed by atoms with Crippen LogP contribution in [0.2, 0.25) is 0 Å². The van der Waals surface area contributed by atoms with Gasteiger partial charge in [0, 0.05) is 11.3 Å². The van der Waals surface area contributed by atoms with Crippen LogP contribution in [0, 0.1) is 0 Å². The first kappa shape index (κ1) is 22.5. The third kappa shape index (κ3) is 5.04. The summed E-state index contributed by atoms with van der Waals surface area (Å²) in [7, 11) is 0. The highest BCUT2D eigenvalue weighted by molar-refractivity contribution is 7.07. The third-order valence-electron chi connectivity index (χ3n) is 5.58. The van der Waals surface area contributed by atoms with Crippen molar-refractivity contribution < 1.29 is 24.2 Å². The molecule has 3 aromatic rings. The molecule has 1 aliphatic rings. The number of rotatable bonds is 8. The second-order valence-electron chi connectivity index (χ2n) is 7.76. The average Bonchev–Trinajstić information content (AvgIpc) is 3.44. The van der Waals surface area contributed by atoms with E-state index in [1.165, 1.54) is 11.3 Å². The van der Waals surface area contributed by atoms with Crippen molar-refractivity contribution in [3.63, 3.8) is 0 Å². The molecule has 2 aromatic carbocycles. The second kappa shape index (κ2) is 9.83. The number of ether oxygens (including phenoxy) is 1. The maximum absolute atomic E-state index is 12.6. The first-order chi connectivity index (χ1) is 15.9. The Morgan fingerprint density at radius 1 is 1.06 bits per heavy atom. The zero-order valence-electron chi connectivity index (χ0n) is 17.9. The molecule has 33 heavy (non-hydrogen) atoms. The third-order valence-corrected chi connectivity index (χ3v) is 6.19. The Hall–Kier alpha value is -3.72. The number of aliphatic carboxylic acids is 1. The molecular formula is C24H23N3O5S. The summed E-state index contributed by atoms with van der Waals surface area (Å²) >= 11 is 1.39. The van der Waals surface area contributed by atoms with Gasteiger partial charge in [-0.3, -0.25) is 9.59 Å². The summed E-state index contributed by atoms with van der Waals surface area (Å²) in [6.07, 6.45) is -1.42. The van der Waals surface area contributed by atoms with E-state index in [0.717, 1.165) is 22.3 Å². The van der Waals surface area contributed by atoms with E-state index < -0.39 is 36.5 Å². The van der Waals surface area contributed by atoms with Crippen molar-refractivity contribution >= 4 is 29.3 Å².